The molecule has 0 aromatic carbocycles. The summed E-state index contributed by atoms with van der Waals surface area (Å²) in [4.78, 5) is 23.4. The molecule has 9 atom stereocenters. The Kier molecular flexibility index (Phi) is 6.37. The summed E-state index contributed by atoms with van der Waals surface area (Å²) in [6, 6.07) is 0. The van der Waals surface area contributed by atoms with Crippen molar-refractivity contribution in [2.24, 2.45) is 46.3 Å². The van der Waals surface area contributed by atoms with Gasteiger partial charge in [0.15, 0.2) is 0 Å². The van der Waals surface area contributed by atoms with Crippen LogP contribution in [0.5, 0.6) is 0 Å². The molecule has 4 rings (SSSR count). The number of ketones is 1. The zero-order chi connectivity index (χ0) is 24.3. The number of carboxylic acids is 1. The monoisotopic (exact) mass is 462 g/mol. The summed E-state index contributed by atoms with van der Waals surface area (Å²) < 4.78 is 0. The Bertz CT molecular complexity index is 832. The van der Waals surface area contributed by atoms with E-state index in [1.54, 1.807) is 6.92 Å². The van der Waals surface area contributed by atoms with E-state index >= 15 is 0 Å². The SMILES string of the molecule is CC(CCC[C@@H](C)[C@H]1CC[C@H]2[C@@H]3CCC4=CC(=O)C(O)(O)C(O)[C@]4(C)[C@H]3CC[C@]12C)C(=O)O. The molecule has 6 nitrogen and oxygen atoms in total. The van der Waals surface area contributed by atoms with E-state index < -0.39 is 29.1 Å². The lowest BCUT2D eigenvalue weighted by atomic mass is 9.45. The van der Waals surface area contributed by atoms with Gasteiger partial charge in [-0.15, -0.1) is 0 Å². The molecule has 186 valence electrons. The molecule has 0 bridgehead atoms. The second-order valence-corrected chi connectivity index (χ2v) is 12.2. The summed E-state index contributed by atoms with van der Waals surface area (Å²) in [5, 5.41) is 41.0. The molecule has 0 radical (unpaired) electrons. The molecular formula is C27H42O6. The predicted octanol–water partition coefficient (Wildman–Crippen LogP) is 3.92. The van der Waals surface area contributed by atoms with Crippen LogP contribution in [0.1, 0.15) is 85.5 Å². The summed E-state index contributed by atoms with van der Waals surface area (Å²) in [7, 11) is 0. The second kappa shape index (κ2) is 8.46. The van der Waals surface area contributed by atoms with Crippen LogP contribution in [0.2, 0.25) is 0 Å². The molecule has 4 aliphatic rings. The zero-order valence-electron chi connectivity index (χ0n) is 20.6. The van der Waals surface area contributed by atoms with E-state index in [4.69, 9.17) is 5.11 Å². The predicted molar refractivity (Wildman–Crippen MR) is 124 cm³/mol. The van der Waals surface area contributed by atoms with Gasteiger partial charge in [0.05, 0.1) is 5.92 Å². The van der Waals surface area contributed by atoms with E-state index in [-0.39, 0.29) is 17.3 Å². The maximum absolute atomic E-state index is 12.2. The Labute approximate surface area is 197 Å². The van der Waals surface area contributed by atoms with E-state index in [1.807, 2.05) is 6.92 Å². The first-order chi connectivity index (χ1) is 15.3. The smallest absolute Gasteiger partial charge is 0.306 e. The van der Waals surface area contributed by atoms with Crippen LogP contribution in [0.25, 0.3) is 0 Å². The molecule has 0 saturated heterocycles. The van der Waals surface area contributed by atoms with E-state index in [0.717, 1.165) is 56.9 Å². The van der Waals surface area contributed by atoms with Crippen LogP contribution in [-0.2, 0) is 9.59 Å². The Balaban J connectivity index is 1.51. The Morgan fingerprint density at radius 2 is 1.79 bits per heavy atom. The van der Waals surface area contributed by atoms with Gasteiger partial charge in [-0.25, -0.2) is 0 Å². The van der Waals surface area contributed by atoms with E-state index in [2.05, 4.69) is 13.8 Å². The van der Waals surface area contributed by atoms with Crippen LogP contribution >= 0.6 is 0 Å². The average molecular weight is 463 g/mol. The first-order valence-corrected chi connectivity index (χ1v) is 13.0. The number of rotatable bonds is 6. The van der Waals surface area contributed by atoms with Crippen LogP contribution in [0.4, 0.5) is 0 Å². The second-order valence-electron chi connectivity index (χ2n) is 12.2. The van der Waals surface area contributed by atoms with Gasteiger partial charge in [0.2, 0.25) is 5.78 Å². The molecule has 33 heavy (non-hydrogen) atoms. The van der Waals surface area contributed by atoms with Crippen LogP contribution in [0, 0.1) is 46.3 Å². The maximum atomic E-state index is 12.2. The van der Waals surface area contributed by atoms with Gasteiger partial charge in [0.25, 0.3) is 5.79 Å². The van der Waals surface area contributed by atoms with Crippen molar-refractivity contribution in [3.63, 3.8) is 0 Å². The van der Waals surface area contributed by atoms with Crippen LogP contribution in [0.3, 0.4) is 0 Å². The van der Waals surface area contributed by atoms with Gasteiger partial charge in [0.1, 0.15) is 6.10 Å². The van der Waals surface area contributed by atoms with Gasteiger partial charge in [-0.1, -0.05) is 46.1 Å². The first-order valence-electron chi connectivity index (χ1n) is 13.0. The molecule has 0 heterocycles. The Hall–Kier alpha value is -1.24. The Morgan fingerprint density at radius 1 is 1.09 bits per heavy atom. The number of carboxylic acid groups (broad SMARTS) is 1. The highest BCUT2D eigenvalue weighted by molar-refractivity contribution is 5.98. The van der Waals surface area contributed by atoms with Gasteiger partial charge in [0, 0.05) is 5.41 Å². The number of hydrogen-bond donors (Lipinski definition) is 4. The number of aliphatic hydroxyl groups is 3. The van der Waals surface area contributed by atoms with Crippen molar-refractivity contribution >= 4 is 11.8 Å². The minimum atomic E-state index is -2.71. The lowest BCUT2D eigenvalue weighted by Crippen LogP contribution is -2.64. The van der Waals surface area contributed by atoms with Crippen molar-refractivity contribution in [2.75, 3.05) is 0 Å². The summed E-state index contributed by atoms with van der Waals surface area (Å²) in [5.41, 5.74) is 0.332. The van der Waals surface area contributed by atoms with Crippen molar-refractivity contribution in [2.45, 2.75) is 97.4 Å². The van der Waals surface area contributed by atoms with Crippen LogP contribution in [0.15, 0.2) is 11.6 Å². The first kappa shape index (κ1) is 24.9. The van der Waals surface area contributed by atoms with Gasteiger partial charge in [-0.05, 0) is 86.0 Å². The molecule has 0 amide bonds. The molecule has 4 aliphatic carbocycles. The van der Waals surface area contributed by atoms with Crippen molar-refractivity contribution in [3.05, 3.63) is 11.6 Å². The van der Waals surface area contributed by atoms with Crippen LogP contribution in [-0.4, -0.2) is 44.1 Å². The number of hydrogen-bond acceptors (Lipinski definition) is 5. The zero-order valence-corrected chi connectivity index (χ0v) is 20.6. The third-order valence-electron chi connectivity index (χ3n) is 10.7. The average Bonchev–Trinajstić information content (AvgIpc) is 3.11. The minimum Gasteiger partial charge on any atom is -0.481 e. The molecule has 0 aliphatic heterocycles. The third-order valence-corrected chi connectivity index (χ3v) is 10.7. The third kappa shape index (κ3) is 3.71. The highest BCUT2D eigenvalue weighted by Gasteiger charge is 2.65. The van der Waals surface area contributed by atoms with Crippen molar-refractivity contribution < 1.29 is 30.0 Å². The van der Waals surface area contributed by atoms with Crippen molar-refractivity contribution in [1.82, 2.24) is 0 Å². The summed E-state index contributed by atoms with van der Waals surface area (Å²) >= 11 is 0. The molecule has 4 N–H and O–H groups in total. The van der Waals surface area contributed by atoms with Gasteiger partial charge in [-0.2, -0.15) is 0 Å². The lowest BCUT2D eigenvalue weighted by molar-refractivity contribution is -0.252. The minimum absolute atomic E-state index is 0.142. The fourth-order valence-electron chi connectivity index (χ4n) is 8.73. The molecule has 3 saturated carbocycles. The number of fused-ring (bicyclic) bond motifs is 5. The molecule has 3 fully saturated rings. The van der Waals surface area contributed by atoms with E-state index in [0.29, 0.717) is 23.7 Å². The van der Waals surface area contributed by atoms with Gasteiger partial charge in [-0.3, -0.25) is 9.59 Å². The normalized spacial score (nSPS) is 43.7. The highest BCUT2D eigenvalue weighted by Crippen LogP contribution is 2.68. The molecule has 0 aromatic heterocycles. The molecular weight excluding hydrogens is 420 g/mol. The number of carbonyl (C=O) groups is 2. The lowest BCUT2D eigenvalue weighted by Gasteiger charge is -2.60. The number of aliphatic carboxylic acids is 1. The number of aliphatic hydroxyl groups excluding tert-OH is 1. The fourth-order valence-corrected chi connectivity index (χ4v) is 8.73. The standard InChI is InChI=1S/C27H42O6/c1-15(6-5-7-16(2)23(29)30)19-10-11-20-18-9-8-17-14-22(28)27(32,33)24(31)26(17,4)21(18)12-13-25(19,20)3/h14-16,18-21,24,31-33H,5-13H2,1-4H3,(H,29,30)/t15-,16?,18+,19-,20+,21+,24?,25-,26+/m1/s1. The van der Waals surface area contributed by atoms with E-state index in [9.17, 15) is 24.9 Å². The highest BCUT2D eigenvalue weighted by atomic mass is 16.5. The largest absolute Gasteiger partial charge is 0.481 e. The fraction of sp³-hybridized carbons (Fsp3) is 0.852. The molecule has 0 spiro atoms. The summed E-state index contributed by atoms with van der Waals surface area (Å²) in [5.74, 6) is -2.26. The van der Waals surface area contributed by atoms with Gasteiger partial charge >= 0.3 is 5.97 Å². The van der Waals surface area contributed by atoms with E-state index in [1.165, 1.54) is 12.5 Å². The maximum Gasteiger partial charge on any atom is 0.306 e. The quantitative estimate of drug-likeness (QED) is 0.445. The Morgan fingerprint density at radius 3 is 2.45 bits per heavy atom. The topological polar surface area (TPSA) is 115 Å². The number of carbonyl (C=O) groups excluding carboxylic acids is 1. The van der Waals surface area contributed by atoms with Crippen molar-refractivity contribution in [1.29, 1.82) is 0 Å². The molecule has 2 unspecified atom stereocenters. The van der Waals surface area contributed by atoms with Crippen LogP contribution < -0.4 is 0 Å². The summed E-state index contributed by atoms with van der Waals surface area (Å²) in [6.07, 6.45) is 8.67. The van der Waals surface area contributed by atoms with Crippen molar-refractivity contribution in [3.8, 4) is 0 Å². The summed E-state index contributed by atoms with van der Waals surface area (Å²) in [6.45, 7) is 8.50. The molecule has 0 aromatic rings. The van der Waals surface area contributed by atoms with Gasteiger partial charge < -0.3 is 20.4 Å². The molecule has 6 heteroatoms.